The van der Waals surface area contributed by atoms with Crippen LogP contribution in [-0.4, -0.2) is 32.9 Å². The first-order valence-electron chi connectivity index (χ1n) is 9.99. The molecule has 0 radical (unpaired) electrons. The Morgan fingerprint density at radius 3 is 2.47 bits per heavy atom. The standard InChI is InChI=1S/C22H19BrF3N5O/c23-15-8-5-11-27-20(15)21(32)30-16-9-4-10-17(16)31(14-6-2-1-3-7-14)19-13-28-18(12-29-19)22(24,25)26/h1-3,5-8,11-13,16-17H,4,9-10H2,(H,30,32)/t16?,17-/m0/s1. The highest BCUT2D eigenvalue weighted by Crippen LogP contribution is 2.35. The summed E-state index contributed by atoms with van der Waals surface area (Å²) in [4.78, 5) is 26.5. The Morgan fingerprint density at radius 2 is 1.81 bits per heavy atom. The molecule has 1 aliphatic rings. The number of aromatic nitrogens is 3. The predicted molar refractivity (Wildman–Crippen MR) is 116 cm³/mol. The maximum atomic E-state index is 13.0. The number of amides is 1. The van der Waals surface area contributed by atoms with Crippen molar-refractivity contribution in [3.8, 4) is 0 Å². The lowest BCUT2D eigenvalue weighted by atomic mass is 10.1. The van der Waals surface area contributed by atoms with Crippen LogP contribution in [-0.2, 0) is 6.18 Å². The Hall–Kier alpha value is -3.01. The van der Waals surface area contributed by atoms with Gasteiger partial charge >= 0.3 is 6.18 Å². The van der Waals surface area contributed by atoms with Gasteiger partial charge in [0.15, 0.2) is 11.5 Å². The first kappa shape index (κ1) is 22.2. The van der Waals surface area contributed by atoms with Crippen molar-refractivity contribution in [2.24, 2.45) is 0 Å². The Bertz CT molecular complexity index is 1080. The molecule has 1 aromatic carbocycles. The van der Waals surface area contributed by atoms with Gasteiger partial charge in [-0.3, -0.25) is 4.79 Å². The van der Waals surface area contributed by atoms with Gasteiger partial charge in [0, 0.05) is 22.4 Å². The highest BCUT2D eigenvalue weighted by atomic mass is 79.9. The summed E-state index contributed by atoms with van der Waals surface area (Å²) in [6, 6.07) is 12.2. The highest BCUT2D eigenvalue weighted by Gasteiger charge is 2.37. The number of hydrogen-bond donors (Lipinski definition) is 1. The maximum absolute atomic E-state index is 13.0. The van der Waals surface area contributed by atoms with Crippen molar-refractivity contribution in [2.45, 2.75) is 37.5 Å². The molecule has 0 bridgehead atoms. The van der Waals surface area contributed by atoms with E-state index in [0.717, 1.165) is 37.3 Å². The summed E-state index contributed by atoms with van der Waals surface area (Å²) in [6.07, 6.45) is 1.13. The number of carbonyl (C=O) groups is 1. The van der Waals surface area contributed by atoms with Crippen molar-refractivity contribution in [3.05, 3.63) is 76.9 Å². The first-order valence-corrected chi connectivity index (χ1v) is 10.8. The average molecular weight is 506 g/mol. The molecule has 1 fully saturated rings. The van der Waals surface area contributed by atoms with E-state index >= 15 is 0 Å². The van der Waals surface area contributed by atoms with Crippen LogP contribution in [0.5, 0.6) is 0 Å². The van der Waals surface area contributed by atoms with Gasteiger partial charge in [0.2, 0.25) is 0 Å². The number of pyridine rings is 1. The van der Waals surface area contributed by atoms with Gasteiger partial charge in [-0.15, -0.1) is 0 Å². The third kappa shape index (κ3) is 4.74. The number of rotatable bonds is 5. The summed E-state index contributed by atoms with van der Waals surface area (Å²) < 4.78 is 39.5. The third-order valence-electron chi connectivity index (χ3n) is 5.31. The summed E-state index contributed by atoms with van der Waals surface area (Å²) in [5, 5.41) is 3.04. The molecule has 166 valence electrons. The van der Waals surface area contributed by atoms with Gasteiger partial charge in [0.05, 0.1) is 18.4 Å². The van der Waals surface area contributed by atoms with Gasteiger partial charge in [-0.25, -0.2) is 15.0 Å². The van der Waals surface area contributed by atoms with Crippen LogP contribution in [0, 0.1) is 0 Å². The summed E-state index contributed by atoms with van der Waals surface area (Å²) in [5.74, 6) is -0.0322. The summed E-state index contributed by atoms with van der Waals surface area (Å²) in [6.45, 7) is 0. The highest BCUT2D eigenvalue weighted by molar-refractivity contribution is 9.10. The van der Waals surface area contributed by atoms with E-state index in [-0.39, 0.29) is 29.5 Å². The van der Waals surface area contributed by atoms with E-state index < -0.39 is 11.9 Å². The van der Waals surface area contributed by atoms with E-state index in [1.165, 1.54) is 0 Å². The van der Waals surface area contributed by atoms with Crippen LogP contribution >= 0.6 is 15.9 Å². The lowest BCUT2D eigenvalue weighted by Gasteiger charge is -2.34. The molecule has 0 saturated heterocycles. The van der Waals surface area contributed by atoms with Crippen molar-refractivity contribution in [2.75, 3.05) is 4.90 Å². The zero-order valence-corrected chi connectivity index (χ0v) is 18.3. The third-order valence-corrected chi connectivity index (χ3v) is 5.95. The fraction of sp³-hybridized carbons (Fsp3) is 0.273. The molecular formula is C22H19BrF3N5O. The molecule has 1 amide bonds. The largest absolute Gasteiger partial charge is 0.434 e. The zero-order chi connectivity index (χ0) is 22.7. The van der Waals surface area contributed by atoms with Crippen LogP contribution in [0.25, 0.3) is 0 Å². The monoisotopic (exact) mass is 505 g/mol. The Balaban J connectivity index is 1.65. The van der Waals surface area contributed by atoms with Crippen LogP contribution in [0.3, 0.4) is 0 Å². The lowest BCUT2D eigenvalue weighted by Crippen LogP contribution is -2.47. The predicted octanol–water partition coefficient (Wildman–Crippen LogP) is 5.14. The molecule has 4 rings (SSSR count). The Morgan fingerprint density at radius 1 is 1.03 bits per heavy atom. The minimum absolute atomic E-state index is 0.213. The number of halogens is 4. The smallest absolute Gasteiger partial charge is 0.346 e. The molecule has 6 nitrogen and oxygen atoms in total. The fourth-order valence-corrected chi connectivity index (χ4v) is 4.32. The molecule has 32 heavy (non-hydrogen) atoms. The second-order valence-corrected chi connectivity index (χ2v) is 8.23. The molecule has 2 heterocycles. The summed E-state index contributed by atoms with van der Waals surface area (Å²) >= 11 is 3.34. The fourth-order valence-electron chi connectivity index (χ4n) is 3.88. The van der Waals surface area contributed by atoms with Gasteiger partial charge in [-0.05, 0) is 59.5 Å². The molecule has 1 aliphatic carbocycles. The lowest BCUT2D eigenvalue weighted by molar-refractivity contribution is -0.141. The van der Waals surface area contributed by atoms with Crippen molar-refractivity contribution in [1.29, 1.82) is 0 Å². The van der Waals surface area contributed by atoms with Crippen LogP contribution in [0.4, 0.5) is 24.7 Å². The normalized spacial score (nSPS) is 18.4. The van der Waals surface area contributed by atoms with E-state index in [1.54, 1.807) is 18.3 Å². The average Bonchev–Trinajstić information content (AvgIpc) is 3.22. The van der Waals surface area contributed by atoms with Crippen molar-refractivity contribution < 1.29 is 18.0 Å². The van der Waals surface area contributed by atoms with E-state index in [0.29, 0.717) is 4.47 Å². The number of alkyl halides is 3. The molecule has 3 aromatic rings. The van der Waals surface area contributed by atoms with E-state index in [2.05, 4.69) is 36.2 Å². The maximum Gasteiger partial charge on any atom is 0.434 e. The van der Waals surface area contributed by atoms with Crippen LogP contribution < -0.4 is 10.2 Å². The Kier molecular flexibility index (Phi) is 6.40. The second-order valence-electron chi connectivity index (χ2n) is 7.38. The van der Waals surface area contributed by atoms with Crippen LogP contribution in [0.1, 0.15) is 35.4 Å². The van der Waals surface area contributed by atoms with Crippen LogP contribution in [0.2, 0.25) is 0 Å². The number of nitrogens with one attached hydrogen (secondary N) is 1. The van der Waals surface area contributed by atoms with Crippen LogP contribution in [0.15, 0.2) is 65.5 Å². The molecule has 1 saturated carbocycles. The number of nitrogens with zero attached hydrogens (tertiary/aromatic N) is 4. The molecule has 2 aromatic heterocycles. The van der Waals surface area contributed by atoms with Crippen molar-refractivity contribution >= 4 is 33.3 Å². The number of hydrogen-bond acceptors (Lipinski definition) is 5. The zero-order valence-electron chi connectivity index (χ0n) is 16.8. The minimum Gasteiger partial charge on any atom is -0.346 e. The van der Waals surface area contributed by atoms with Crippen molar-refractivity contribution in [3.63, 3.8) is 0 Å². The summed E-state index contributed by atoms with van der Waals surface area (Å²) in [5.41, 5.74) is -0.0176. The molecule has 1 N–H and O–H groups in total. The van der Waals surface area contributed by atoms with Gasteiger partial charge in [0.25, 0.3) is 5.91 Å². The summed E-state index contributed by atoms with van der Waals surface area (Å²) in [7, 11) is 0. The molecular weight excluding hydrogens is 487 g/mol. The number of carbonyl (C=O) groups excluding carboxylic acids is 1. The van der Waals surface area contributed by atoms with Gasteiger partial charge in [-0.2, -0.15) is 13.2 Å². The van der Waals surface area contributed by atoms with Gasteiger partial charge < -0.3 is 10.2 Å². The quantitative estimate of drug-likeness (QED) is 0.519. The van der Waals surface area contributed by atoms with Gasteiger partial charge in [-0.1, -0.05) is 18.2 Å². The number of anilines is 2. The van der Waals surface area contributed by atoms with Gasteiger partial charge in [0.1, 0.15) is 5.69 Å². The topological polar surface area (TPSA) is 71.0 Å². The molecule has 1 unspecified atom stereocenters. The number of benzene rings is 1. The minimum atomic E-state index is -4.57. The molecule has 0 aliphatic heterocycles. The molecule has 2 atom stereocenters. The SMILES string of the molecule is O=C(NC1CCC[C@@H]1N(c1ccccc1)c1cnc(C(F)(F)F)cn1)c1ncccc1Br. The Labute approximate surface area is 191 Å². The first-order chi connectivity index (χ1) is 15.3. The molecule has 0 spiro atoms. The second kappa shape index (κ2) is 9.23. The molecule has 10 heteroatoms. The van der Waals surface area contributed by atoms with E-state index in [4.69, 9.17) is 0 Å². The van der Waals surface area contributed by atoms with E-state index in [9.17, 15) is 18.0 Å². The number of para-hydroxylation sites is 1. The van der Waals surface area contributed by atoms with Crippen molar-refractivity contribution in [1.82, 2.24) is 20.3 Å². The van der Waals surface area contributed by atoms with E-state index in [1.807, 2.05) is 35.2 Å².